The third-order valence-corrected chi connectivity index (χ3v) is 5.61. The van der Waals surface area contributed by atoms with E-state index < -0.39 is 0 Å². The molecular weight excluding hydrogens is 236 g/mol. The summed E-state index contributed by atoms with van der Waals surface area (Å²) >= 11 is 0. The Morgan fingerprint density at radius 1 is 1.05 bits per heavy atom. The van der Waals surface area contributed by atoms with E-state index in [9.17, 15) is 0 Å². The molecule has 4 heteroatoms. The van der Waals surface area contributed by atoms with Gasteiger partial charge in [-0.25, -0.2) is 0 Å². The zero-order valence-electron chi connectivity index (χ0n) is 12.2. The normalized spacial score (nSPS) is 37.4. The van der Waals surface area contributed by atoms with Gasteiger partial charge in [-0.1, -0.05) is 32.1 Å². The lowest BCUT2D eigenvalue weighted by Crippen LogP contribution is -2.67. The number of nitrogens with one attached hydrogen (secondary N) is 1. The molecule has 0 radical (unpaired) electrons. The predicted octanol–water partition coefficient (Wildman–Crippen LogP) is 1.18. The summed E-state index contributed by atoms with van der Waals surface area (Å²) in [6.07, 6.45) is 9.91. The first-order chi connectivity index (χ1) is 9.36. The Bertz CT molecular complexity index is 269. The Morgan fingerprint density at radius 3 is 2.37 bits per heavy atom. The first-order valence-electron chi connectivity index (χ1n) is 8.29. The topological polar surface area (TPSA) is 44.5 Å². The van der Waals surface area contributed by atoms with Gasteiger partial charge in [0.05, 0.1) is 0 Å². The van der Waals surface area contributed by atoms with Crippen molar-refractivity contribution in [2.45, 2.75) is 57.0 Å². The van der Waals surface area contributed by atoms with Crippen molar-refractivity contribution in [3.63, 3.8) is 0 Å². The van der Waals surface area contributed by atoms with E-state index >= 15 is 0 Å². The smallest absolute Gasteiger partial charge is 0.0391 e. The number of fused-ring (bicyclic) bond motifs is 3. The van der Waals surface area contributed by atoms with Crippen LogP contribution in [0.4, 0.5) is 0 Å². The van der Waals surface area contributed by atoms with E-state index in [0.717, 1.165) is 5.92 Å². The fraction of sp³-hybridized carbons (Fsp3) is 1.00. The van der Waals surface area contributed by atoms with Gasteiger partial charge in [-0.2, -0.15) is 0 Å². The van der Waals surface area contributed by atoms with Crippen molar-refractivity contribution >= 4 is 0 Å². The molecule has 3 aliphatic heterocycles. The number of nitrogens with two attached hydrogens (primary N) is 1. The standard InChI is InChI=1S/C15H30N4/c16-17-14(7-6-13-4-2-1-3-5-13)15-12-18-8-10-19(15)11-9-18/h13-15,17H,1-12,16H2. The van der Waals surface area contributed by atoms with Gasteiger partial charge in [0.2, 0.25) is 0 Å². The van der Waals surface area contributed by atoms with E-state index in [0.29, 0.717) is 12.1 Å². The van der Waals surface area contributed by atoms with Crippen LogP contribution in [0.15, 0.2) is 0 Å². The molecule has 3 N–H and O–H groups in total. The van der Waals surface area contributed by atoms with Crippen LogP contribution in [0.1, 0.15) is 44.9 Å². The van der Waals surface area contributed by atoms with E-state index in [1.807, 2.05) is 0 Å². The molecule has 19 heavy (non-hydrogen) atoms. The molecule has 3 heterocycles. The fourth-order valence-corrected chi connectivity index (χ4v) is 4.32. The SMILES string of the molecule is NNC(CCC1CCCCC1)C1CN2CCN1CC2. The summed E-state index contributed by atoms with van der Waals surface area (Å²) in [6, 6.07) is 1.14. The van der Waals surface area contributed by atoms with Crippen LogP contribution in [-0.2, 0) is 0 Å². The highest BCUT2D eigenvalue weighted by molar-refractivity contribution is 4.94. The number of piperazine rings is 3. The second-order valence-corrected chi connectivity index (χ2v) is 6.76. The molecule has 1 aliphatic carbocycles. The number of hydrazine groups is 1. The van der Waals surface area contributed by atoms with E-state index in [1.165, 1.54) is 77.7 Å². The van der Waals surface area contributed by atoms with Gasteiger partial charge in [-0.3, -0.25) is 21.1 Å². The lowest BCUT2D eigenvalue weighted by atomic mass is 9.84. The van der Waals surface area contributed by atoms with Crippen LogP contribution in [0.3, 0.4) is 0 Å². The number of hydrogen-bond donors (Lipinski definition) is 2. The highest BCUT2D eigenvalue weighted by Crippen LogP contribution is 2.29. The summed E-state index contributed by atoms with van der Waals surface area (Å²) in [5, 5.41) is 0. The summed E-state index contributed by atoms with van der Waals surface area (Å²) in [5.74, 6) is 6.83. The summed E-state index contributed by atoms with van der Waals surface area (Å²) in [7, 11) is 0. The molecule has 4 rings (SSSR count). The van der Waals surface area contributed by atoms with Crippen LogP contribution >= 0.6 is 0 Å². The minimum Gasteiger partial charge on any atom is -0.299 e. The molecule has 2 atom stereocenters. The largest absolute Gasteiger partial charge is 0.299 e. The maximum Gasteiger partial charge on any atom is 0.0391 e. The van der Waals surface area contributed by atoms with Crippen LogP contribution in [-0.4, -0.2) is 54.6 Å². The van der Waals surface area contributed by atoms with E-state index in [1.54, 1.807) is 0 Å². The Hall–Kier alpha value is -0.160. The summed E-state index contributed by atoms with van der Waals surface area (Å²) in [4.78, 5) is 5.26. The zero-order valence-corrected chi connectivity index (χ0v) is 12.2. The molecule has 2 unspecified atom stereocenters. The minimum absolute atomic E-state index is 0.491. The molecule has 4 aliphatic rings. The molecule has 0 aromatic carbocycles. The van der Waals surface area contributed by atoms with Crippen LogP contribution in [0, 0.1) is 5.92 Å². The van der Waals surface area contributed by atoms with Crippen molar-refractivity contribution in [2.75, 3.05) is 32.7 Å². The van der Waals surface area contributed by atoms with Gasteiger partial charge in [0.25, 0.3) is 0 Å². The van der Waals surface area contributed by atoms with Crippen molar-refractivity contribution in [1.29, 1.82) is 0 Å². The molecule has 4 fully saturated rings. The van der Waals surface area contributed by atoms with Crippen molar-refractivity contribution in [1.82, 2.24) is 15.2 Å². The van der Waals surface area contributed by atoms with E-state index in [4.69, 9.17) is 5.84 Å². The van der Waals surface area contributed by atoms with Crippen molar-refractivity contribution in [2.24, 2.45) is 11.8 Å². The quantitative estimate of drug-likeness (QED) is 0.579. The Balaban J connectivity index is 1.49. The third kappa shape index (κ3) is 3.30. The molecule has 110 valence electrons. The summed E-state index contributed by atoms with van der Waals surface area (Å²) in [6.45, 7) is 6.23. The monoisotopic (exact) mass is 266 g/mol. The van der Waals surface area contributed by atoms with Crippen LogP contribution in [0.5, 0.6) is 0 Å². The van der Waals surface area contributed by atoms with Gasteiger partial charge >= 0.3 is 0 Å². The fourth-order valence-electron chi connectivity index (χ4n) is 4.32. The Kier molecular flexibility index (Phi) is 4.74. The van der Waals surface area contributed by atoms with Crippen molar-refractivity contribution in [3.8, 4) is 0 Å². The molecule has 0 aromatic heterocycles. The molecule has 0 spiro atoms. The zero-order chi connectivity index (χ0) is 13.1. The average molecular weight is 266 g/mol. The number of rotatable bonds is 5. The maximum absolute atomic E-state index is 5.86. The Morgan fingerprint density at radius 2 is 1.79 bits per heavy atom. The first-order valence-corrected chi connectivity index (χ1v) is 8.29. The van der Waals surface area contributed by atoms with Gasteiger partial charge < -0.3 is 0 Å². The average Bonchev–Trinajstić information content (AvgIpc) is 2.50. The van der Waals surface area contributed by atoms with Crippen LogP contribution in [0.2, 0.25) is 0 Å². The molecule has 1 saturated carbocycles. The van der Waals surface area contributed by atoms with Crippen LogP contribution in [0.25, 0.3) is 0 Å². The third-order valence-electron chi connectivity index (χ3n) is 5.61. The minimum atomic E-state index is 0.491. The van der Waals surface area contributed by atoms with Gasteiger partial charge in [-0.15, -0.1) is 0 Å². The molecule has 2 bridgehead atoms. The molecule has 3 saturated heterocycles. The highest BCUT2D eigenvalue weighted by atomic mass is 15.4. The Labute approximate surface area is 117 Å². The second kappa shape index (κ2) is 6.53. The second-order valence-electron chi connectivity index (χ2n) is 6.76. The first kappa shape index (κ1) is 13.8. The van der Waals surface area contributed by atoms with Crippen molar-refractivity contribution < 1.29 is 0 Å². The van der Waals surface area contributed by atoms with Gasteiger partial charge in [-0.05, 0) is 18.8 Å². The highest BCUT2D eigenvalue weighted by Gasteiger charge is 2.36. The lowest BCUT2D eigenvalue weighted by Gasteiger charge is -2.50. The van der Waals surface area contributed by atoms with Gasteiger partial charge in [0.15, 0.2) is 0 Å². The number of nitrogens with zero attached hydrogens (tertiary/aromatic N) is 2. The van der Waals surface area contributed by atoms with Gasteiger partial charge in [0, 0.05) is 44.8 Å². The molecule has 0 amide bonds. The summed E-state index contributed by atoms with van der Waals surface area (Å²) in [5.41, 5.74) is 3.13. The van der Waals surface area contributed by atoms with Gasteiger partial charge in [0.1, 0.15) is 0 Å². The molecular formula is C15H30N4. The maximum atomic E-state index is 5.86. The summed E-state index contributed by atoms with van der Waals surface area (Å²) < 4.78 is 0. The van der Waals surface area contributed by atoms with Crippen LogP contribution < -0.4 is 11.3 Å². The van der Waals surface area contributed by atoms with E-state index in [-0.39, 0.29) is 0 Å². The predicted molar refractivity (Wildman–Crippen MR) is 78.7 cm³/mol. The van der Waals surface area contributed by atoms with Crippen molar-refractivity contribution in [3.05, 3.63) is 0 Å². The molecule has 0 aromatic rings. The molecule has 4 nitrogen and oxygen atoms in total. The lowest BCUT2D eigenvalue weighted by molar-refractivity contribution is -0.00558. The van der Waals surface area contributed by atoms with E-state index in [2.05, 4.69) is 15.2 Å². The number of hydrogen-bond acceptors (Lipinski definition) is 4.